The topological polar surface area (TPSA) is 96.2 Å². The van der Waals surface area contributed by atoms with Crippen LogP contribution in [0.4, 0.5) is 0 Å². The molecular weight excluding hydrogens is 504 g/mol. The predicted molar refractivity (Wildman–Crippen MR) is 157 cm³/mol. The molecule has 3 N–H and O–H groups in total. The third-order valence-corrected chi connectivity index (χ3v) is 10.6. The molecule has 6 nitrogen and oxygen atoms in total. The number of esters is 1. The van der Waals surface area contributed by atoms with Crippen LogP contribution in [0.1, 0.15) is 91.4 Å². The van der Waals surface area contributed by atoms with Gasteiger partial charge in [0.25, 0.3) is 0 Å². The van der Waals surface area contributed by atoms with E-state index >= 15 is 0 Å². The van der Waals surface area contributed by atoms with Gasteiger partial charge in [-0.2, -0.15) is 0 Å². The summed E-state index contributed by atoms with van der Waals surface area (Å²) in [6.45, 7) is 15.5. The first-order valence-electron chi connectivity index (χ1n) is 15.7. The van der Waals surface area contributed by atoms with Crippen LogP contribution in [0.3, 0.4) is 0 Å². The van der Waals surface area contributed by atoms with Crippen LogP contribution in [0.2, 0.25) is 0 Å². The second kappa shape index (κ2) is 13.5. The number of carbonyl (C=O) groups excluding carboxylic acids is 1. The Kier molecular flexibility index (Phi) is 10.5. The molecule has 224 valence electrons. The molecule has 1 aliphatic heterocycles. The van der Waals surface area contributed by atoms with E-state index in [0.717, 1.165) is 44.1 Å². The van der Waals surface area contributed by atoms with Crippen LogP contribution in [0.15, 0.2) is 47.6 Å². The maximum absolute atomic E-state index is 12.3. The first-order valence-corrected chi connectivity index (χ1v) is 15.7. The van der Waals surface area contributed by atoms with E-state index < -0.39 is 18.3 Å². The quantitative estimate of drug-likeness (QED) is 0.169. The number of hydrogen-bond acceptors (Lipinski definition) is 6. The van der Waals surface area contributed by atoms with E-state index in [-0.39, 0.29) is 30.0 Å². The summed E-state index contributed by atoms with van der Waals surface area (Å²) in [6, 6.07) is 0. The number of ether oxygens (including phenoxy) is 2. The lowest BCUT2D eigenvalue weighted by atomic mass is 9.60. The number of carbonyl (C=O) groups is 1. The van der Waals surface area contributed by atoms with E-state index in [1.165, 1.54) is 24.8 Å². The van der Waals surface area contributed by atoms with Gasteiger partial charge in [0, 0.05) is 31.1 Å². The zero-order chi connectivity index (χ0) is 29.0. The Morgan fingerprint density at radius 3 is 2.67 bits per heavy atom. The minimum Gasteiger partial charge on any atom is -0.458 e. The summed E-state index contributed by atoms with van der Waals surface area (Å²) in [5.41, 5.74) is 3.84. The van der Waals surface area contributed by atoms with Gasteiger partial charge in [-0.1, -0.05) is 64.5 Å². The summed E-state index contributed by atoms with van der Waals surface area (Å²) in [6.07, 6.45) is 12.6. The lowest BCUT2D eigenvalue weighted by Crippen LogP contribution is -2.45. The van der Waals surface area contributed by atoms with Gasteiger partial charge in [0.1, 0.15) is 18.3 Å². The number of aliphatic hydroxyl groups is 3. The fraction of sp³-hybridized carbons (Fsp3) is 0.735. The molecule has 3 aliphatic carbocycles. The Hall–Kier alpha value is -1.73. The van der Waals surface area contributed by atoms with Crippen LogP contribution in [0, 0.1) is 29.1 Å². The summed E-state index contributed by atoms with van der Waals surface area (Å²) < 4.78 is 11.5. The summed E-state index contributed by atoms with van der Waals surface area (Å²) in [7, 11) is 0. The number of unbranched alkanes of at least 4 members (excludes halogenated alkanes) is 1. The predicted octanol–water partition coefficient (Wildman–Crippen LogP) is 5.82. The highest BCUT2D eigenvalue weighted by Gasteiger charge is 2.51. The van der Waals surface area contributed by atoms with E-state index in [1.54, 1.807) is 0 Å². The van der Waals surface area contributed by atoms with Crippen LogP contribution in [0.5, 0.6) is 0 Å². The molecule has 0 unspecified atom stereocenters. The largest absolute Gasteiger partial charge is 0.458 e. The Morgan fingerprint density at radius 2 is 1.95 bits per heavy atom. The number of allylic oxidation sites excluding steroid dienone is 3. The lowest BCUT2D eigenvalue weighted by Gasteiger charge is -2.45. The third-order valence-electron chi connectivity index (χ3n) is 10.6. The normalized spacial score (nSPS) is 39.1. The highest BCUT2D eigenvalue weighted by Crippen LogP contribution is 2.60. The Morgan fingerprint density at radius 1 is 1.18 bits per heavy atom. The van der Waals surface area contributed by atoms with Crippen molar-refractivity contribution in [2.24, 2.45) is 29.1 Å². The number of hydrogen-bond donors (Lipinski definition) is 3. The molecule has 4 aliphatic rings. The van der Waals surface area contributed by atoms with Crippen molar-refractivity contribution in [2.75, 3.05) is 13.2 Å². The SMILES string of the molecule is C=C1/C(=C\C=C2/CCC[C@]3(C)[C@@H]([C@H](C)C[C@@H]4OC(=O)C(=C)[C@@H]4CCCC)CC[C@@H]23)C[C@@H](O)[C@H](OCCCO)[C@@H]1O. The van der Waals surface area contributed by atoms with Crippen molar-refractivity contribution in [3.63, 3.8) is 0 Å². The van der Waals surface area contributed by atoms with Crippen molar-refractivity contribution in [2.45, 2.75) is 116 Å². The first kappa shape index (κ1) is 31.2. The molecule has 40 heavy (non-hydrogen) atoms. The van der Waals surface area contributed by atoms with E-state index in [0.29, 0.717) is 48.3 Å². The maximum Gasteiger partial charge on any atom is 0.334 e. The number of aliphatic hydroxyl groups excluding tert-OH is 3. The van der Waals surface area contributed by atoms with Crippen molar-refractivity contribution < 1.29 is 29.6 Å². The van der Waals surface area contributed by atoms with Gasteiger partial charge in [-0.25, -0.2) is 4.79 Å². The molecule has 0 bridgehead atoms. The first-order chi connectivity index (χ1) is 19.1. The van der Waals surface area contributed by atoms with Gasteiger partial charge in [-0.3, -0.25) is 0 Å². The molecule has 1 heterocycles. The number of fused-ring (bicyclic) bond motifs is 1. The minimum atomic E-state index is -0.956. The van der Waals surface area contributed by atoms with E-state index in [9.17, 15) is 15.0 Å². The summed E-state index contributed by atoms with van der Waals surface area (Å²) >= 11 is 0. The molecular formula is C34H52O6. The molecule has 0 radical (unpaired) electrons. The molecule has 0 spiro atoms. The van der Waals surface area contributed by atoms with Crippen LogP contribution >= 0.6 is 0 Å². The van der Waals surface area contributed by atoms with Crippen molar-refractivity contribution in [3.8, 4) is 0 Å². The fourth-order valence-corrected chi connectivity index (χ4v) is 8.35. The van der Waals surface area contributed by atoms with Crippen molar-refractivity contribution >= 4 is 5.97 Å². The zero-order valence-corrected chi connectivity index (χ0v) is 24.9. The fourth-order valence-electron chi connectivity index (χ4n) is 8.35. The molecule has 4 rings (SSSR count). The second-order valence-electron chi connectivity index (χ2n) is 13.1. The monoisotopic (exact) mass is 556 g/mol. The van der Waals surface area contributed by atoms with Crippen molar-refractivity contribution in [3.05, 3.63) is 47.6 Å². The standard InChI is InChI=1S/C34H52O6/c1-6-7-11-26-23(4)33(38)40-30(26)19-21(2)27-14-15-28-24(10-8-16-34(27,28)5)12-13-25-20-29(36)32(31(37)22(25)3)39-18-9-17-35/h12-13,21,26-32,35-37H,3-4,6-11,14-20H2,1-2,5H3/b24-12+,25-13-/t21-,26+,27-,28+,29-,30+,31-,32+,34-/m1/s1. The number of rotatable bonds is 11. The van der Waals surface area contributed by atoms with E-state index in [2.05, 4.69) is 46.1 Å². The molecule has 0 aromatic rings. The highest BCUT2D eigenvalue weighted by atomic mass is 16.6. The molecule has 1 saturated heterocycles. The average molecular weight is 557 g/mol. The van der Waals surface area contributed by atoms with Crippen LogP contribution in [-0.4, -0.2) is 58.9 Å². The average Bonchev–Trinajstić information content (AvgIpc) is 3.41. The smallest absolute Gasteiger partial charge is 0.334 e. The minimum absolute atomic E-state index is 0.0154. The van der Waals surface area contributed by atoms with Crippen molar-refractivity contribution in [1.29, 1.82) is 0 Å². The summed E-state index contributed by atoms with van der Waals surface area (Å²) in [5.74, 6) is 1.52. The number of cyclic esters (lactones) is 1. The van der Waals surface area contributed by atoms with Gasteiger partial charge in [0.05, 0.1) is 6.10 Å². The van der Waals surface area contributed by atoms with E-state index in [4.69, 9.17) is 14.6 Å². The maximum atomic E-state index is 12.3. The summed E-state index contributed by atoms with van der Waals surface area (Å²) in [4.78, 5) is 12.3. The Balaban J connectivity index is 1.44. The van der Waals surface area contributed by atoms with Gasteiger partial charge in [0.15, 0.2) is 0 Å². The van der Waals surface area contributed by atoms with Crippen molar-refractivity contribution in [1.82, 2.24) is 0 Å². The van der Waals surface area contributed by atoms with Gasteiger partial charge in [-0.05, 0) is 85.7 Å². The Labute approximate surface area is 241 Å². The molecule has 3 saturated carbocycles. The third kappa shape index (κ3) is 6.35. The molecule has 0 aromatic heterocycles. The van der Waals surface area contributed by atoms with E-state index in [1.807, 2.05) is 0 Å². The van der Waals surface area contributed by atoms with Gasteiger partial charge < -0.3 is 24.8 Å². The Bertz CT molecular complexity index is 996. The molecule has 4 fully saturated rings. The van der Waals surface area contributed by atoms with Crippen LogP contribution < -0.4 is 0 Å². The molecule has 6 heteroatoms. The summed E-state index contributed by atoms with van der Waals surface area (Å²) in [5, 5.41) is 30.5. The molecule has 9 atom stereocenters. The van der Waals surface area contributed by atoms with Gasteiger partial charge in [0.2, 0.25) is 0 Å². The van der Waals surface area contributed by atoms with Gasteiger partial charge >= 0.3 is 5.97 Å². The lowest BCUT2D eigenvalue weighted by molar-refractivity contribution is -0.140. The second-order valence-corrected chi connectivity index (χ2v) is 13.1. The highest BCUT2D eigenvalue weighted by molar-refractivity contribution is 5.90. The van der Waals surface area contributed by atoms with Gasteiger partial charge in [-0.15, -0.1) is 0 Å². The zero-order valence-electron chi connectivity index (χ0n) is 24.9. The molecule has 0 aromatic carbocycles. The van der Waals surface area contributed by atoms with Crippen LogP contribution in [0.25, 0.3) is 0 Å². The van der Waals surface area contributed by atoms with Crippen LogP contribution in [-0.2, 0) is 14.3 Å². The molecule has 0 amide bonds.